The van der Waals surface area contributed by atoms with Gasteiger partial charge in [0.15, 0.2) is 0 Å². The van der Waals surface area contributed by atoms with Crippen LogP contribution in [-0.4, -0.2) is 28.3 Å². The van der Waals surface area contributed by atoms with E-state index in [0.29, 0.717) is 5.92 Å². The van der Waals surface area contributed by atoms with E-state index >= 15 is 0 Å². The molecule has 0 saturated carbocycles. The summed E-state index contributed by atoms with van der Waals surface area (Å²) in [5.41, 5.74) is 2.98. The van der Waals surface area contributed by atoms with E-state index in [2.05, 4.69) is 36.4 Å². The van der Waals surface area contributed by atoms with Crippen LogP contribution < -0.4 is 5.32 Å². The molecule has 0 radical (unpaired) electrons. The normalized spacial score (nSPS) is 19.9. The van der Waals surface area contributed by atoms with Crippen LogP contribution in [0.25, 0.3) is 11.4 Å². The topological polar surface area (TPSA) is 53.6 Å². The fourth-order valence-corrected chi connectivity index (χ4v) is 3.09. The molecule has 94 valence electrons. The number of piperidine rings is 1. The van der Waals surface area contributed by atoms with E-state index in [0.717, 1.165) is 29.0 Å². The van der Waals surface area contributed by atoms with Crippen LogP contribution in [-0.2, 0) is 0 Å². The van der Waals surface area contributed by atoms with Gasteiger partial charge >= 0.3 is 0 Å². The molecule has 1 saturated heterocycles. The van der Waals surface area contributed by atoms with Crippen molar-refractivity contribution in [1.82, 2.24) is 20.5 Å². The molecule has 1 aliphatic rings. The summed E-state index contributed by atoms with van der Waals surface area (Å²) in [7, 11) is 0. The average Bonchev–Trinajstić information content (AvgIpc) is 2.83. The third-order valence-electron chi connectivity index (χ3n) is 3.35. The van der Waals surface area contributed by atoms with Gasteiger partial charge in [0.25, 0.3) is 0 Å². The van der Waals surface area contributed by atoms with E-state index in [1.165, 1.54) is 18.5 Å². The van der Waals surface area contributed by atoms with Gasteiger partial charge in [-0.15, -0.1) is 0 Å². The van der Waals surface area contributed by atoms with Crippen molar-refractivity contribution < 1.29 is 0 Å². The molecule has 0 spiro atoms. The molecule has 18 heavy (non-hydrogen) atoms. The minimum absolute atomic E-state index is 0.512. The summed E-state index contributed by atoms with van der Waals surface area (Å²) in [6, 6.07) is 5.87. The Balaban J connectivity index is 1.92. The van der Waals surface area contributed by atoms with Crippen LogP contribution in [0.5, 0.6) is 0 Å². The first-order valence-electron chi connectivity index (χ1n) is 6.22. The summed E-state index contributed by atoms with van der Waals surface area (Å²) >= 11 is 3.66. The van der Waals surface area contributed by atoms with Gasteiger partial charge in [0.05, 0.1) is 15.9 Å². The fraction of sp³-hybridized carbons (Fsp3) is 0.385. The standard InChI is InChI=1S/C13H15BrN4/c14-11-12(9-4-3-6-15-8-9)17-18-13(11)10-5-1-2-7-16-10/h1-2,5,7,9,15H,3-4,6,8H2,(H,17,18). The van der Waals surface area contributed by atoms with Crippen LogP contribution >= 0.6 is 15.9 Å². The average molecular weight is 307 g/mol. The lowest BCUT2D eigenvalue weighted by atomic mass is 9.96. The van der Waals surface area contributed by atoms with Gasteiger partial charge in [0, 0.05) is 18.7 Å². The molecule has 4 nitrogen and oxygen atoms in total. The molecular weight excluding hydrogens is 292 g/mol. The van der Waals surface area contributed by atoms with E-state index in [1.54, 1.807) is 6.20 Å². The Hall–Kier alpha value is -1.20. The van der Waals surface area contributed by atoms with Crippen LogP contribution in [0.15, 0.2) is 28.9 Å². The Morgan fingerprint density at radius 1 is 1.33 bits per heavy atom. The zero-order valence-electron chi connectivity index (χ0n) is 9.99. The van der Waals surface area contributed by atoms with Crippen molar-refractivity contribution in [3.63, 3.8) is 0 Å². The molecule has 1 unspecified atom stereocenters. The molecular formula is C13H15BrN4. The van der Waals surface area contributed by atoms with Gasteiger partial charge in [-0.1, -0.05) is 6.07 Å². The molecule has 3 rings (SSSR count). The number of pyridine rings is 1. The largest absolute Gasteiger partial charge is 0.316 e. The van der Waals surface area contributed by atoms with Crippen LogP contribution in [0.3, 0.4) is 0 Å². The third kappa shape index (κ3) is 2.20. The molecule has 2 N–H and O–H groups in total. The summed E-state index contributed by atoms with van der Waals surface area (Å²) in [4.78, 5) is 4.34. The Bertz CT molecular complexity index is 517. The summed E-state index contributed by atoms with van der Waals surface area (Å²) < 4.78 is 1.05. The van der Waals surface area contributed by atoms with Crippen molar-refractivity contribution in [3.05, 3.63) is 34.6 Å². The molecule has 0 amide bonds. The number of nitrogens with zero attached hydrogens (tertiary/aromatic N) is 2. The Kier molecular flexibility index (Phi) is 3.43. The summed E-state index contributed by atoms with van der Waals surface area (Å²) in [6.07, 6.45) is 4.21. The molecule has 0 aromatic carbocycles. The molecule has 3 heterocycles. The second-order valence-electron chi connectivity index (χ2n) is 4.56. The number of aromatic nitrogens is 3. The van der Waals surface area contributed by atoms with Crippen molar-refractivity contribution >= 4 is 15.9 Å². The first kappa shape index (κ1) is 11.9. The minimum Gasteiger partial charge on any atom is -0.316 e. The van der Waals surface area contributed by atoms with Crippen molar-refractivity contribution in [2.75, 3.05) is 13.1 Å². The monoisotopic (exact) mass is 306 g/mol. The molecule has 0 bridgehead atoms. The number of nitrogens with one attached hydrogen (secondary N) is 2. The maximum atomic E-state index is 4.40. The van der Waals surface area contributed by atoms with Gasteiger partial charge in [-0.05, 0) is 47.4 Å². The maximum absolute atomic E-state index is 4.40. The Labute approximate surface area is 114 Å². The van der Waals surface area contributed by atoms with Crippen molar-refractivity contribution in [3.8, 4) is 11.4 Å². The molecule has 0 aliphatic carbocycles. The maximum Gasteiger partial charge on any atom is 0.125 e. The molecule has 1 aliphatic heterocycles. The highest BCUT2D eigenvalue weighted by Gasteiger charge is 2.22. The third-order valence-corrected chi connectivity index (χ3v) is 4.15. The SMILES string of the molecule is Brc1c(-c2ccccn2)n[nH]c1C1CCCNC1. The minimum atomic E-state index is 0.512. The zero-order chi connectivity index (χ0) is 12.4. The van der Waals surface area contributed by atoms with Gasteiger partial charge in [-0.25, -0.2) is 0 Å². The Morgan fingerprint density at radius 3 is 3.00 bits per heavy atom. The smallest absolute Gasteiger partial charge is 0.125 e. The van der Waals surface area contributed by atoms with Crippen molar-refractivity contribution in [1.29, 1.82) is 0 Å². The first-order chi connectivity index (χ1) is 8.86. The second-order valence-corrected chi connectivity index (χ2v) is 5.35. The van der Waals surface area contributed by atoms with Gasteiger partial charge in [0.1, 0.15) is 5.69 Å². The number of rotatable bonds is 2. The highest BCUT2D eigenvalue weighted by Crippen LogP contribution is 2.33. The first-order valence-corrected chi connectivity index (χ1v) is 7.01. The molecule has 5 heteroatoms. The lowest BCUT2D eigenvalue weighted by Gasteiger charge is -2.21. The van der Waals surface area contributed by atoms with Crippen LogP contribution in [0.4, 0.5) is 0 Å². The van der Waals surface area contributed by atoms with Gasteiger partial charge < -0.3 is 5.32 Å². The highest BCUT2D eigenvalue weighted by molar-refractivity contribution is 9.10. The number of hydrogen-bond donors (Lipinski definition) is 2. The van der Waals surface area contributed by atoms with Gasteiger partial charge in [0.2, 0.25) is 0 Å². The van der Waals surface area contributed by atoms with Crippen molar-refractivity contribution in [2.45, 2.75) is 18.8 Å². The van der Waals surface area contributed by atoms with E-state index in [1.807, 2.05) is 18.2 Å². The highest BCUT2D eigenvalue weighted by atomic mass is 79.9. The fourth-order valence-electron chi connectivity index (χ4n) is 2.38. The Morgan fingerprint density at radius 2 is 2.28 bits per heavy atom. The predicted molar refractivity (Wildman–Crippen MR) is 74.4 cm³/mol. The summed E-state index contributed by atoms with van der Waals surface area (Å²) in [5.74, 6) is 0.512. The van der Waals surface area contributed by atoms with Crippen molar-refractivity contribution in [2.24, 2.45) is 0 Å². The predicted octanol–water partition coefficient (Wildman–Crippen LogP) is 2.70. The number of H-pyrrole nitrogens is 1. The number of halogens is 1. The van der Waals surface area contributed by atoms with E-state index < -0.39 is 0 Å². The van der Waals surface area contributed by atoms with Gasteiger partial charge in [-0.2, -0.15) is 5.10 Å². The van der Waals surface area contributed by atoms with Crippen LogP contribution in [0.2, 0.25) is 0 Å². The lowest BCUT2D eigenvalue weighted by molar-refractivity contribution is 0.453. The van der Waals surface area contributed by atoms with Crippen LogP contribution in [0, 0.1) is 0 Å². The molecule has 1 fully saturated rings. The number of aromatic amines is 1. The lowest BCUT2D eigenvalue weighted by Crippen LogP contribution is -2.28. The van der Waals surface area contributed by atoms with Crippen LogP contribution in [0.1, 0.15) is 24.5 Å². The number of hydrogen-bond acceptors (Lipinski definition) is 3. The van der Waals surface area contributed by atoms with E-state index in [-0.39, 0.29) is 0 Å². The molecule has 2 aromatic rings. The second kappa shape index (κ2) is 5.20. The van der Waals surface area contributed by atoms with E-state index in [9.17, 15) is 0 Å². The quantitative estimate of drug-likeness (QED) is 0.897. The molecule has 2 aromatic heterocycles. The summed E-state index contributed by atoms with van der Waals surface area (Å²) in [6.45, 7) is 2.14. The summed E-state index contributed by atoms with van der Waals surface area (Å²) in [5, 5.41) is 11.0. The zero-order valence-corrected chi connectivity index (χ0v) is 11.6. The van der Waals surface area contributed by atoms with E-state index in [4.69, 9.17) is 0 Å². The molecule has 1 atom stereocenters. The van der Waals surface area contributed by atoms with Gasteiger partial charge in [-0.3, -0.25) is 10.1 Å².